The summed E-state index contributed by atoms with van der Waals surface area (Å²) in [6.07, 6.45) is 1.65. The molecule has 1 aromatic carbocycles. The van der Waals surface area contributed by atoms with E-state index in [1.54, 1.807) is 0 Å². The molecule has 2 rings (SSSR count). The Morgan fingerprint density at radius 1 is 1.43 bits per heavy atom. The third-order valence-corrected chi connectivity index (χ3v) is 5.80. The largest absolute Gasteiger partial charge is 0.326 e. The summed E-state index contributed by atoms with van der Waals surface area (Å²) in [5.41, 5.74) is 5.59. The van der Waals surface area contributed by atoms with Crippen molar-refractivity contribution < 1.29 is 12.8 Å². The molecule has 1 atom stereocenters. The normalized spacial score (nSPS) is 20.3. The van der Waals surface area contributed by atoms with E-state index >= 15 is 0 Å². The molecule has 1 heterocycles. The average Bonchev–Trinajstić information content (AvgIpc) is 2.86. The van der Waals surface area contributed by atoms with Crippen molar-refractivity contribution in [2.24, 2.45) is 5.73 Å². The van der Waals surface area contributed by atoms with Crippen LogP contribution in [0.3, 0.4) is 0 Å². The van der Waals surface area contributed by atoms with Gasteiger partial charge in [0.25, 0.3) is 0 Å². The van der Waals surface area contributed by atoms with Crippen molar-refractivity contribution in [1.82, 2.24) is 9.21 Å². The molecule has 1 aliphatic rings. The van der Waals surface area contributed by atoms with Crippen molar-refractivity contribution in [2.75, 3.05) is 27.2 Å². The maximum atomic E-state index is 13.8. The monoisotopic (exact) mass is 315 g/mol. The molecule has 0 aliphatic carbocycles. The number of hydrogen-bond acceptors (Lipinski definition) is 4. The van der Waals surface area contributed by atoms with Crippen molar-refractivity contribution in [3.8, 4) is 0 Å². The zero-order valence-corrected chi connectivity index (χ0v) is 13.2. The Morgan fingerprint density at radius 2 is 2.14 bits per heavy atom. The summed E-state index contributed by atoms with van der Waals surface area (Å²) in [4.78, 5) is 1.96. The highest BCUT2D eigenvalue weighted by atomic mass is 32.2. The first-order chi connectivity index (χ1) is 9.87. The van der Waals surface area contributed by atoms with E-state index in [0.29, 0.717) is 13.1 Å². The second kappa shape index (κ2) is 6.39. The molecule has 1 aliphatic heterocycles. The van der Waals surface area contributed by atoms with Crippen LogP contribution in [0.4, 0.5) is 4.39 Å². The summed E-state index contributed by atoms with van der Waals surface area (Å²) in [7, 11) is 0.115. The number of halogens is 1. The van der Waals surface area contributed by atoms with Crippen LogP contribution in [0.15, 0.2) is 23.1 Å². The number of rotatable bonds is 5. The van der Waals surface area contributed by atoms with Gasteiger partial charge in [0.1, 0.15) is 5.82 Å². The summed E-state index contributed by atoms with van der Waals surface area (Å²) in [6, 6.07) is 4.02. The van der Waals surface area contributed by atoms with Crippen LogP contribution >= 0.6 is 0 Å². The molecule has 1 unspecified atom stereocenters. The van der Waals surface area contributed by atoms with Crippen LogP contribution in [0.1, 0.15) is 18.4 Å². The van der Waals surface area contributed by atoms with Crippen molar-refractivity contribution in [3.05, 3.63) is 29.6 Å². The number of nitrogens with two attached hydrogens (primary N) is 1. The Morgan fingerprint density at radius 3 is 2.76 bits per heavy atom. The first-order valence-corrected chi connectivity index (χ1v) is 8.46. The Kier molecular flexibility index (Phi) is 4.98. The van der Waals surface area contributed by atoms with Gasteiger partial charge in [0, 0.05) is 31.2 Å². The SMILES string of the molecule is CN(C)CC1CCCN1S(=O)(=O)c1cccc(F)c1CN. The fourth-order valence-corrected chi connectivity index (χ4v) is 4.76. The Hall–Kier alpha value is -1.02. The molecule has 21 heavy (non-hydrogen) atoms. The zero-order valence-electron chi connectivity index (χ0n) is 12.4. The van der Waals surface area contributed by atoms with Gasteiger partial charge in [0.15, 0.2) is 0 Å². The fraction of sp³-hybridized carbons (Fsp3) is 0.571. The smallest absolute Gasteiger partial charge is 0.243 e. The maximum absolute atomic E-state index is 13.8. The molecule has 0 spiro atoms. The lowest BCUT2D eigenvalue weighted by Crippen LogP contribution is -2.41. The predicted octanol–water partition coefficient (Wildman–Crippen LogP) is 0.999. The van der Waals surface area contributed by atoms with Gasteiger partial charge in [-0.1, -0.05) is 6.07 Å². The topological polar surface area (TPSA) is 66.6 Å². The van der Waals surface area contributed by atoms with E-state index in [-0.39, 0.29) is 23.0 Å². The maximum Gasteiger partial charge on any atom is 0.243 e. The van der Waals surface area contributed by atoms with Crippen LogP contribution in [0.2, 0.25) is 0 Å². The third kappa shape index (κ3) is 3.26. The third-order valence-electron chi connectivity index (χ3n) is 3.77. The van der Waals surface area contributed by atoms with Crippen LogP contribution in [-0.2, 0) is 16.6 Å². The number of benzene rings is 1. The Balaban J connectivity index is 2.40. The van der Waals surface area contributed by atoms with Crippen molar-refractivity contribution in [2.45, 2.75) is 30.3 Å². The number of sulfonamides is 1. The first-order valence-electron chi connectivity index (χ1n) is 7.02. The number of nitrogens with zero attached hydrogens (tertiary/aromatic N) is 2. The van der Waals surface area contributed by atoms with E-state index < -0.39 is 15.8 Å². The van der Waals surface area contributed by atoms with Gasteiger partial charge in [0.05, 0.1) is 4.90 Å². The lowest BCUT2D eigenvalue weighted by atomic mass is 10.2. The Labute approximate surface area is 125 Å². The quantitative estimate of drug-likeness (QED) is 0.880. The van der Waals surface area contributed by atoms with Gasteiger partial charge in [-0.2, -0.15) is 4.31 Å². The van der Waals surface area contributed by atoms with Crippen LogP contribution in [0, 0.1) is 5.82 Å². The van der Waals surface area contributed by atoms with Gasteiger partial charge in [-0.15, -0.1) is 0 Å². The molecule has 118 valence electrons. The summed E-state index contributed by atoms with van der Waals surface area (Å²) in [5.74, 6) is -0.568. The second-order valence-corrected chi connectivity index (χ2v) is 7.45. The van der Waals surface area contributed by atoms with Gasteiger partial charge in [0.2, 0.25) is 10.0 Å². The molecule has 0 saturated carbocycles. The molecule has 1 saturated heterocycles. The molecule has 5 nitrogen and oxygen atoms in total. The minimum Gasteiger partial charge on any atom is -0.326 e. The molecule has 0 radical (unpaired) electrons. The van der Waals surface area contributed by atoms with Crippen molar-refractivity contribution in [1.29, 1.82) is 0 Å². The Bertz CT molecular complexity index is 604. The predicted molar refractivity (Wildman–Crippen MR) is 79.8 cm³/mol. The van der Waals surface area contributed by atoms with E-state index in [9.17, 15) is 12.8 Å². The molecule has 0 bridgehead atoms. The van der Waals surface area contributed by atoms with Crippen LogP contribution in [0.5, 0.6) is 0 Å². The molecule has 2 N–H and O–H groups in total. The number of likely N-dealkylation sites (N-methyl/N-ethyl adjacent to an activating group) is 1. The highest BCUT2D eigenvalue weighted by Crippen LogP contribution is 2.29. The average molecular weight is 315 g/mol. The lowest BCUT2D eigenvalue weighted by molar-refractivity contribution is 0.291. The van der Waals surface area contributed by atoms with Crippen LogP contribution < -0.4 is 5.73 Å². The van der Waals surface area contributed by atoms with E-state index in [2.05, 4.69) is 0 Å². The van der Waals surface area contributed by atoms with Gasteiger partial charge in [-0.25, -0.2) is 12.8 Å². The fourth-order valence-electron chi connectivity index (χ4n) is 2.83. The molecule has 1 aromatic rings. The summed E-state index contributed by atoms with van der Waals surface area (Å²) >= 11 is 0. The van der Waals surface area contributed by atoms with E-state index in [1.807, 2.05) is 19.0 Å². The summed E-state index contributed by atoms with van der Waals surface area (Å²) in [6.45, 7) is 1.00. The highest BCUT2D eigenvalue weighted by molar-refractivity contribution is 7.89. The van der Waals surface area contributed by atoms with Crippen LogP contribution in [0.25, 0.3) is 0 Å². The molecule has 0 amide bonds. The van der Waals surface area contributed by atoms with Gasteiger partial charge in [-0.3, -0.25) is 0 Å². The molecular weight excluding hydrogens is 293 g/mol. The minimum absolute atomic E-state index is 0.00402. The summed E-state index contributed by atoms with van der Waals surface area (Å²) in [5, 5.41) is 0. The minimum atomic E-state index is -3.71. The van der Waals surface area contributed by atoms with Gasteiger partial charge in [-0.05, 0) is 39.1 Å². The van der Waals surface area contributed by atoms with E-state index in [4.69, 9.17) is 5.73 Å². The van der Waals surface area contributed by atoms with Gasteiger partial charge < -0.3 is 10.6 Å². The van der Waals surface area contributed by atoms with Crippen molar-refractivity contribution in [3.63, 3.8) is 0 Å². The van der Waals surface area contributed by atoms with Crippen LogP contribution in [-0.4, -0.2) is 50.8 Å². The molecule has 7 heteroatoms. The number of hydrogen-bond donors (Lipinski definition) is 1. The summed E-state index contributed by atoms with van der Waals surface area (Å²) < 4.78 is 41.0. The van der Waals surface area contributed by atoms with E-state index in [1.165, 1.54) is 22.5 Å². The molecular formula is C14H22FN3O2S. The van der Waals surface area contributed by atoms with Crippen molar-refractivity contribution >= 4 is 10.0 Å². The first kappa shape index (κ1) is 16.4. The highest BCUT2D eigenvalue weighted by Gasteiger charge is 2.36. The zero-order chi connectivity index (χ0) is 15.6. The molecule has 0 aromatic heterocycles. The molecule has 1 fully saturated rings. The lowest BCUT2D eigenvalue weighted by Gasteiger charge is -2.27. The standard InChI is InChI=1S/C14H22FN3O2S/c1-17(2)10-11-5-4-8-18(11)21(19,20)14-7-3-6-13(15)12(14)9-16/h3,6-7,11H,4-5,8-10,16H2,1-2H3. The van der Waals surface area contributed by atoms with Gasteiger partial charge >= 0.3 is 0 Å². The second-order valence-electron chi connectivity index (χ2n) is 5.59. The van der Waals surface area contributed by atoms with E-state index in [0.717, 1.165) is 12.8 Å².